The van der Waals surface area contributed by atoms with Crippen molar-refractivity contribution < 1.29 is 13.2 Å². The van der Waals surface area contributed by atoms with Gasteiger partial charge in [-0.15, -0.1) is 0 Å². The maximum Gasteiger partial charge on any atom is 0.224 e. The molecule has 0 radical (unpaired) electrons. The van der Waals surface area contributed by atoms with Gasteiger partial charge in [0, 0.05) is 26.1 Å². The Labute approximate surface area is 120 Å². The Kier molecular flexibility index (Phi) is 4.77. The second-order valence-electron chi connectivity index (χ2n) is 5.20. The maximum atomic E-state index is 11.9. The molecule has 0 aliphatic carbocycles. The van der Waals surface area contributed by atoms with Crippen LogP contribution >= 0.6 is 0 Å². The molecule has 0 bridgehead atoms. The molecular weight excluding hydrogens is 276 g/mol. The normalized spacial score (nSPS) is 19.6. The molecule has 1 N–H and O–H groups in total. The minimum absolute atomic E-state index is 0.0121. The quantitative estimate of drug-likeness (QED) is 0.843. The first-order chi connectivity index (χ1) is 9.46. The summed E-state index contributed by atoms with van der Waals surface area (Å²) < 4.78 is 26.5. The van der Waals surface area contributed by atoms with Crippen LogP contribution in [0.5, 0.6) is 0 Å². The van der Waals surface area contributed by atoms with E-state index >= 15 is 0 Å². The highest BCUT2D eigenvalue weighted by Crippen LogP contribution is 2.10. The minimum Gasteiger partial charge on any atom is -0.344 e. The lowest BCUT2D eigenvalue weighted by Crippen LogP contribution is -2.37. The van der Waals surface area contributed by atoms with Gasteiger partial charge < -0.3 is 4.90 Å². The third-order valence-corrected chi connectivity index (χ3v) is 4.93. The van der Waals surface area contributed by atoms with Gasteiger partial charge in [-0.05, 0) is 18.4 Å². The number of nitrogens with zero attached hydrogens (tertiary/aromatic N) is 1. The second-order valence-corrected chi connectivity index (χ2v) is 7.07. The standard InChI is InChI=1S/C14H20N2O3S/c1-16-11-13(10-14(16)17)15-20(18,19)9-5-8-12-6-3-2-4-7-12/h2-4,6-7,13,15H,5,8-11H2,1H3. The van der Waals surface area contributed by atoms with Crippen molar-refractivity contribution in [3.63, 3.8) is 0 Å². The summed E-state index contributed by atoms with van der Waals surface area (Å²) in [6, 6.07) is 9.53. The van der Waals surface area contributed by atoms with Crippen LogP contribution in [0.4, 0.5) is 0 Å². The highest BCUT2D eigenvalue weighted by Gasteiger charge is 2.29. The van der Waals surface area contributed by atoms with E-state index in [2.05, 4.69) is 4.72 Å². The van der Waals surface area contributed by atoms with E-state index in [1.165, 1.54) is 0 Å². The number of benzene rings is 1. The molecule has 1 aromatic rings. The van der Waals surface area contributed by atoms with Crippen molar-refractivity contribution in [1.82, 2.24) is 9.62 Å². The van der Waals surface area contributed by atoms with Crippen molar-refractivity contribution in [2.24, 2.45) is 0 Å². The van der Waals surface area contributed by atoms with Crippen molar-refractivity contribution in [1.29, 1.82) is 0 Å². The molecule has 2 rings (SSSR count). The van der Waals surface area contributed by atoms with E-state index in [1.807, 2.05) is 30.3 Å². The fourth-order valence-electron chi connectivity index (χ4n) is 2.37. The molecule has 1 amide bonds. The van der Waals surface area contributed by atoms with Crippen molar-refractivity contribution in [3.05, 3.63) is 35.9 Å². The molecule has 20 heavy (non-hydrogen) atoms. The number of hydrogen-bond acceptors (Lipinski definition) is 3. The summed E-state index contributed by atoms with van der Waals surface area (Å²) in [6.07, 6.45) is 1.58. The largest absolute Gasteiger partial charge is 0.344 e. The number of aryl methyl sites for hydroxylation is 1. The number of hydrogen-bond donors (Lipinski definition) is 1. The number of likely N-dealkylation sites (tertiary alicyclic amines) is 1. The van der Waals surface area contributed by atoms with Crippen molar-refractivity contribution in [2.75, 3.05) is 19.3 Å². The van der Waals surface area contributed by atoms with Crippen LogP contribution in [0.3, 0.4) is 0 Å². The molecular formula is C14H20N2O3S. The van der Waals surface area contributed by atoms with Gasteiger partial charge in [0.15, 0.2) is 0 Å². The molecule has 1 fully saturated rings. The molecule has 0 saturated carbocycles. The Morgan fingerprint density at radius 3 is 2.60 bits per heavy atom. The van der Waals surface area contributed by atoms with Gasteiger partial charge in [-0.25, -0.2) is 13.1 Å². The van der Waals surface area contributed by atoms with Gasteiger partial charge in [0.25, 0.3) is 0 Å². The van der Waals surface area contributed by atoms with Crippen LogP contribution in [-0.4, -0.2) is 44.6 Å². The van der Waals surface area contributed by atoms with Crippen LogP contribution in [0.1, 0.15) is 18.4 Å². The van der Waals surface area contributed by atoms with Crippen LogP contribution in [0.25, 0.3) is 0 Å². The number of nitrogens with one attached hydrogen (secondary N) is 1. The van der Waals surface area contributed by atoms with E-state index in [0.29, 0.717) is 13.0 Å². The number of carbonyl (C=O) groups is 1. The summed E-state index contributed by atoms with van der Waals surface area (Å²) in [5, 5.41) is 0. The molecule has 1 aromatic carbocycles. The third kappa shape index (κ3) is 4.31. The molecule has 1 aliphatic heterocycles. The van der Waals surface area contributed by atoms with Crippen LogP contribution in [0.15, 0.2) is 30.3 Å². The minimum atomic E-state index is -3.31. The average molecular weight is 296 g/mol. The number of rotatable bonds is 6. The molecule has 5 nitrogen and oxygen atoms in total. The summed E-state index contributed by atoms with van der Waals surface area (Å²) in [4.78, 5) is 12.9. The van der Waals surface area contributed by atoms with Crippen LogP contribution in [0.2, 0.25) is 0 Å². The van der Waals surface area contributed by atoms with Gasteiger partial charge in [0.2, 0.25) is 15.9 Å². The van der Waals surface area contributed by atoms with Crippen molar-refractivity contribution in [2.45, 2.75) is 25.3 Å². The number of likely N-dealkylation sites (N-methyl/N-ethyl adjacent to an activating group) is 1. The Hall–Kier alpha value is -1.40. The number of carbonyl (C=O) groups excluding carboxylic acids is 1. The molecule has 6 heteroatoms. The topological polar surface area (TPSA) is 66.5 Å². The van der Waals surface area contributed by atoms with Gasteiger partial charge in [0.1, 0.15) is 0 Å². The Morgan fingerprint density at radius 1 is 1.30 bits per heavy atom. The lowest BCUT2D eigenvalue weighted by Gasteiger charge is -2.12. The maximum absolute atomic E-state index is 11.9. The average Bonchev–Trinajstić information content (AvgIpc) is 2.68. The Balaban J connectivity index is 1.78. The molecule has 1 saturated heterocycles. The first-order valence-corrected chi connectivity index (χ1v) is 8.39. The lowest BCUT2D eigenvalue weighted by atomic mass is 10.1. The third-order valence-electron chi connectivity index (χ3n) is 3.41. The van der Waals surface area contributed by atoms with Crippen LogP contribution in [0, 0.1) is 0 Å². The van der Waals surface area contributed by atoms with Gasteiger partial charge in [-0.2, -0.15) is 0 Å². The lowest BCUT2D eigenvalue weighted by molar-refractivity contribution is -0.126. The molecule has 1 unspecified atom stereocenters. The second kappa shape index (κ2) is 6.37. The highest BCUT2D eigenvalue weighted by atomic mass is 32.2. The summed E-state index contributed by atoms with van der Waals surface area (Å²) in [7, 11) is -1.62. The molecule has 0 spiro atoms. The smallest absolute Gasteiger partial charge is 0.224 e. The van der Waals surface area contributed by atoms with E-state index in [9.17, 15) is 13.2 Å². The molecule has 1 aliphatic rings. The predicted octanol–water partition coefficient (Wildman–Crippen LogP) is 0.769. The highest BCUT2D eigenvalue weighted by molar-refractivity contribution is 7.89. The first kappa shape index (κ1) is 15.0. The molecule has 1 atom stereocenters. The van der Waals surface area contributed by atoms with E-state index in [1.54, 1.807) is 11.9 Å². The summed E-state index contributed by atoms with van der Waals surface area (Å²) >= 11 is 0. The van der Waals surface area contributed by atoms with Crippen LogP contribution in [-0.2, 0) is 21.2 Å². The predicted molar refractivity (Wildman–Crippen MR) is 77.7 cm³/mol. The zero-order chi connectivity index (χ0) is 14.6. The molecule has 1 heterocycles. The number of amides is 1. The fraction of sp³-hybridized carbons (Fsp3) is 0.500. The van der Waals surface area contributed by atoms with Gasteiger partial charge in [-0.1, -0.05) is 30.3 Å². The van der Waals surface area contributed by atoms with E-state index in [0.717, 1.165) is 12.0 Å². The summed E-state index contributed by atoms with van der Waals surface area (Å²) in [5.41, 5.74) is 1.14. The van der Waals surface area contributed by atoms with E-state index < -0.39 is 10.0 Å². The molecule has 110 valence electrons. The molecule has 0 aromatic heterocycles. The monoisotopic (exact) mass is 296 g/mol. The summed E-state index contributed by atoms with van der Waals surface area (Å²) in [6.45, 7) is 0.455. The van der Waals surface area contributed by atoms with E-state index in [4.69, 9.17) is 0 Å². The van der Waals surface area contributed by atoms with Gasteiger partial charge in [-0.3, -0.25) is 4.79 Å². The number of sulfonamides is 1. The fourth-order valence-corrected chi connectivity index (χ4v) is 3.67. The first-order valence-electron chi connectivity index (χ1n) is 6.74. The van der Waals surface area contributed by atoms with Gasteiger partial charge in [0.05, 0.1) is 5.75 Å². The Morgan fingerprint density at radius 2 is 2.00 bits per heavy atom. The van der Waals surface area contributed by atoms with Crippen LogP contribution < -0.4 is 4.72 Å². The van der Waals surface area contributed by atoms with Crippen molar-refractivity contribution in [3.8, 4) is 0 Å². The van der Waals surface area contributed by atoms with Crippen molar-refractivity contribution >= 4 is 15.9 Å². The SMILES string of the molecule is CN1CC(NS(=O)(=O)CCCc2ccccc2)CC1=O. The van der Waals surface area contributed by atoms with E-state index in [-0.39, 0.29) is 24.1 Å². The van der Waals surface area contributed by atoms with Gasteiger partial charge >= 0.3 is 0 Å². The Bertz CT molecular complexity index is 557. The summed E-state index contributed by atoms with van der Waals surface area (Å²) in [5.74, 6) is 0.0815. The zero-order valence-corrected chi connectivity index (χ0v) is 12.4. The zero-order valence-electron chi connectivity index (χ0n) is 11.6.